The highest BCUT2D eigenvalue weighted by Crippen LogP contribution is 2.18. The highest BCUT2D eigenvalue weighted by atomic mass is 32.2. The van der Waals surface area contributed by atoms with Gasteiger partial charge in [0.15, 0.2) is 0 Å². The third-order valence-electron chi connectivity index (χ3n) is 10.1. The van der Waals surface area contributed by atoms with Crippen LogP contribution in [0, 0.1) is 0 Å². The summed E-state index contributed by atoms with van der Waals surface area (Å²) in [5, 5.41) is 0. The molecule has 0 saturated carbocycles. The molecule has 2 heteroatoms. The molecular formula is C44H90S2. The van der Waals surface area contributed by atoms with E-state index in [0.29, 0.717) is 0 Å². The molecule has 0 unspecified atom stereocenters. The zero-order valence-corrected chi connectivity index (χ0v) is 34.1. The maximum absolute atomic E-state index is 2.31. The SMILES string of the molecule is CCCCCCCCCCCCCCCCSCCCCCCCCCCCCSCCCCCCCCCCCCCCCC. The van der Waals surface area contributed by atoms with E-state index in [9.17, 15) is 0 Å². The van der Waals surface area contributed by atoms with E-state index in [1.807, 2.05) is 0 Å². The summed E-state index contributed by atoms with van der Waals surface area (Å²) in [6.45, 7) is 4.62. The standard InChI is InChI=1S/C44H90S2/c1-3-5-7-9-11-13-15-17-19-21-25-29-33-37-41-45-43-39-35-31-27-23-24-28-32-36-40-44-46-42-38-34-30-26-22-20-18-16-14-12-10-8-6-4-2/h3-44H2,1-2H3. The fourth-order valence-corrected chi connectivity index (χ4v) is 8.87. The number of hydrogen-bond acceptors (Lipinski definition) is 2. The van der Waals surface area contributed by atoms with Crippen LogP contribution in [0.15, 0.2) is 0 Å². The van der Waals surface area contributed by atoms with Gasteiger partial charge in [0.2, 0.25) is 0 Å². The molecule has 0 atom stereocenters. The van der Waals surface area contributed by atoms with Gasteiger partial charge >= 0.3 is 0 Å². The van der Waals surface area contributed by atoms with Gasteiger partial charge in [0.1, 0.15) is 0 Å². The Balaban J connectivity index is 3.03. The van der Waals surface area contributed by atoms with E-state index in [4.69, 9.17) is 0 Å². The highest BCUT2D eigenvalue weighted by molar-refractivity contribution is 7.99. The molecular weight excluding hydrogens is 593 g/mol. The molecule has 0 aromatic carbocycles. The van der Waals surface area contributed by atoms with Crippen LogP contribution < -0.4 is 0 Å². The Morgan fingerprint density at radius 1 is 0.174 bits per heavy atom. The second-order valence-corrected chi connectivity index (χ2v) is 17.4. The van der Waals surface area contributed by atoms with Crippen LogP contribution in [-0.2, 0) is 0 Å². The Hall–Kier alpha value is 0.700. The summed E-state index contributed by atoms with van der Waals surface area (Å²) in [6, 6.07) is 0. The summed E-state index contributed by atoms with van der Waals surface area (Å²) in [5.74, 6) is 5.65. The fourth-order valence-electron chi connectivity index (χ4n) is 6.82. The van der Waals surface area contributed by atoms with Crippen molar-refractivity contribution in [2.24, 2.45) is 0 Å². The normalized spacial score (nSPS) is 11.6. The first-order valence-electron chi connectivity index (χ1n) is 22.1. The lowest BCUT2D eigenvalue weighted by Crippen LogP contribution is -1.88. The van der Waals surface area contributed by atoms with E-state index >= 15 is 0 Å². The smallest absolute Gasteiger partial charge is 0.00675 e. The predicted octanol–water partition coefficient (Wildman–Crippen LogP) is 17.3. The lowest BCUT2D eigenvalue weighted by atomic mass is 10.0. The van der Waals surface area contributed by atoms with Crippen molar-refractivity contribution in [3.05, 3.63) is 0 Å². The Kier molecular flexibility index (Phi) is 46.4. The van der Waals surface area contributed by atoms with Crippen LogP contribution in [-0.4, -0.2) is 23.0 Å². The van der Waals surface area contributed by atoms with E-state index in [-0.39, 0.29) is 0 Å². The zero-order chi connectivity index (χ0) is 33.1. The molecule has 0 aliphatic heterocycles. The van der Waals surface area contributed by atoms with Gasteiger partial charge in [-0.15, -0.1) is 0 Å². The molecule has 0 radical (unpaired) electrons. The molecule has 0 nitrogen and oxygen atoms in total. The largest absolute Gasteiger partial charge is 0.162 e. The summed E-state index contributed by atoms with van der Waals surface area (Å²) in [5.41, 5.74) is 0. The van der Waals surface area contributed by atoms with Crippen LogP contribution in [0.2, 0.25) is 0 Å². The third kappa shape index (κ3) is 44.7. The minimum atomic E-state index is 1.37. The second kappa shape index (κ2) is 45.7. The molecule has 0 saturated heterocycles. The number of rotatable bonds is 43. The molecule has 0 amide bonds. The fraction of sp³-hybridized carbons (Fsp3) is 1.00. The third-order valence-corrected chi connectivity index (χ3v) is 12.4. The minimum Gasteiger partial charge on any atom is -0.162 e. The van der Waals surface area contributed by atoms with Crippen molar-refractivity contribution < 1.29 is 0 Å². The molecule has 0 aliphatic rings. The summed E-state index contributed by atoms with van der Waals surface area (Å²) in [4.78, 5) is 0. The molecule has 0 bridgehead atoms. The maximum Gasteiger partial charge on any atom is -0.00675 e. The van der Waals surface area contributed by atoms with Crippen molar-refractivity contribution in [1.82, 2.24) is 0 Å². The number of thioether (sulfide) groups is 2. The number of hydrogen-bond donors (Lipinski definition) is 0. The Bertz CT molecular complexity index is 448. The first-order valence-corrected chi connectivity index (χ1v) is 24.4. The highest BCUT2D eigenvalue weighted by Gasteiger charge is 1.98. The summed E-state index contributed by atoms with van der Waals surface area (Å²) in [7, 11) is 0. The lowest BCUT2D eigenvalue weighted by molar-refractivity contribution is 0.538. The molecule has 0 aromatic rings. The van der Waals surface area contributed by atoms with Gasteiger partial charge in [0.25, 0.3) is 0 Å². The maximum atomic E-state index is 2.31. The molecule has 278 valence electrons. The van der Waals surface area contributed by atoms with Gasteiger partial charge in [0, 0.05) is 0 Å². The molecule has 0 fully saturated rings. The Morgan fingerprint density at radius 3 is 0.457 bits per heavy atom. The topological polar surface area (TPSA) is 0 Å². The van der Waals surface area contributed by atoms with Crippen LogP contribution in [0.25, 0.3) is 0 Å². The van der Waals surface area contributed by atoms with Crippen molar-refractivity contribution in [1.29, 1.82) is 0 Å². The molecule has 0 spiro atoms. The van der Waals surface area contributed by atoms with Gasteiger partial charge in [0.05, 0.1) is 0 Å². The van der Waals surface area contributed by atoms with Crippen molar-refractivity contribution in [2.75, 3.05) is 23.0 Å². The van der Waals surface area contributed by atoms with Crippen LogP contribution in [0.4, 0.5) is 0 Å². The Labute approximate surface area is 303 Å². The van der Waals surface area contributed by atoms with Crippen LogP contribution in [0.5, 0.6) is 0 Å². The molecule has 0 heterocycles. The van der Waals surface area contributed by atoms with Crippen molar-refractivity contribution in [3.8, 4) is 0 Å². The Morgan fingerprint density at radius 2 is 0.304 bits per heavy atom. The second-order valence-electron chi connectivity index (χ2n) is 15.0. The monoisotopic (exact) mass is 683 g/mol. The van der Waals surface area contributed by atoms with Gasteiger partial charge in [-0.05, 0) is 48.7 Å². The van der Waals surface area contributed by atoms with Crippen LogP contribution in [0.1, 0.15) is 258 Å². The first kappa shape index (κ1) is 46.7. The van der Waals surface area contributed by atoms with Gasteiger partial charge in [-0.25, -0.2) is 0 Å². The van der Waals surface area contributed by atoms with E-state index < -0.39 is 0 Å². The van der Waals surface area contributed by atoms with E-state index in [1.54, 1.807) is 0 Å². The van der Waals surface area contributed by atoms with Gasteiger partial charge < -0.3 is 0 Å². The van der Waals surface area contributed by atoms with Crippen LogP contribution >= 0.6 is 23.5 Å². The predicted molar refractivity (Wildman–Crippen MR) is 221 cm³/mol. The van der Waals surface area contributed by atoms with Crippen molar-refractivity contribution >= 4 is 23.5 Å². The van der Waals surface area contributed by atoms with Crippen LogP contribution in [0.3, 0.4) is 0 Å². The molecule has 46 heavy (non-hydrogen) atoms. The quantitative estimate of drug-likeness (QED) is 0.0587. The van der Waals surface area contributed by atoms with Gasteiger partial charge in [-0.3, -0.25) is 0 Å². The molecule has 0 aliphatic carbocycles. The van der Waals surface area contributed by atoms with Gasteiger partial charge in [-0.1, -0.05) is 232 Å². The molecule has 0 N–H and O–H groups in total. The van der Waals surface area contributed by atoms with Crippen molar-refractivity contribution in [3.63, 3.8) is 0 Å². The summed E-state index contributed by atoms with van der Waals surface area (Å²) < 4.78 is 0. The average molecular weight is 683 g/mol. The van der Waals surface area contributed by atoms with E-state index in [2.05, 4.69) is 37.4 Å². The van der Waals surface area contributed by atoms with Crippen molar-refractivity contribution in [2.45, 2.75) is 258 Å². The average Bonchev–Trinajstić information content (AvgIpc) is 3.07. The summed E-state index contributed by atoms with van der Waals surface area (Å²) >= 11 is 4.46. The summed E-state index contributed by atoms with van der Waals surface area (Å²) in [6.07, 6.45) is 55.9. The lowest BCUT2D eigenvalue weighted by Gasteiger charge is -2.05. The molecule has 0 aromatic heterocycles. The number of unbranched alkanes of at least 4 members (excludes halogenated alkanes) is 35. The first-order chi connectivity index (χ1) is 22.9. The minimum absolute atomic E-state index is 1.37. The van der Waals surface area contributed by atoms with Gasteiger partial charge in [-0.2, -0.15) is 23.5 Å². The van der Waals surface area contributed by atoms with E-state index in [1.165, 1.54) is 267 Å². The molecule has 0 rings (SSSR count). The zero-order valence-electron chi connectivity index (χ0n) is 32.5. The van der Waals surface area contributed by atoms with E-state index in [0.717, 1.165) is 0 Å².